The summed E-state index contributed by atoms with van der Waals surface area (Å²) in [6.07, 6.45) is 7.08. The third kappa shape index (κ3) is 37.2. The summed E-state index contributed by atoms with van der Waals surface area (Å²) in [7, 11) is 0. The number of carbonyl (C=O) groups excluding carboxylic acids is 1. The van der Waals surface area contributed by atoms with Crippen LogP contribution in [0, 0.1) is 34.5 Å². The Kier molecular flexibility index (Phi) is 43.6. The van der Waals surface area contributed by atoms with E-state index in [1.165, 1.54) is 84.6 Å². The van der Waals surface area contributed by atoms with Gasteiger partial charge in [-0.2, -0.15) is 5.26 Å². The molecule has 7 rings (SSSR count). The van der Waals surface area contributed by atoms with E-state index in [9.17, 15) is 4.79 Å². The minimum Gasteiger partial charge on any atom is -0.378 e. The van der Waals surface area contributed by atoms with Gasteiger partial charge in [0.25, 0.3) is 5.91 Å². The van der Waals surface area contributed by atoms with Crippen molar-refractivity contribution < 1.29 is 38.0 Å². The molecule has 7 fully saturated rings. The molecule has 0 spiro atoms. The second-order valence-corrected chi connectivity index (χ2v) is 33.2. The zero-order valence-corrected chi connectivity index (χ0v) is 67.4. The Hall–Kier alpha value is -1.60. The molecule has 1 N–H and O–H groups in total. The van der Waals surface area contributed by atoms with Gasteiger partial charge >= 0.3 is 0 Å². The highest BCUT2D eigenvalue weighted by molar-refractivity contribution is 5.81. The van der Waals surface area contributed by atoms with Crippen molar-refractivity contribution in [2.45, 2.75) is 349 Å². The van der Waals surface area contributed by atoms with Crippen molar-refractivity contribution in [3.8, 4) is 6.07 Å². The molecule has 1 amide bonds. The lowest BCUT2D eigenvalue weighted by Gasteiger charge is -2.49. The summed E-state index contributed by atoms with van der Waals surface area (Å²) >= 11 is 0. The molecule has 17 heteroatoms. The van der Waals surface area contributed by atoms with Crippen LogP contribution < -0.4 is 5.32 Å². The molecule has 0 saturated carbocycles. The molecule has 0 aromatic rings. The second-order valence-electron chi connectivity index (χ2n) is 33.2. The molecule has 0 unspecified atom stereocenters. The van der Waals surface area contributed by atoms with Crippen LogP contribution in [0.3, 0.4) is 0 Å². The van der Waals surface area contributed by atoms with Crippen LogP contribution in [-0.4, -0.2) is 267 Å². The van der Waals surface area contributed by atoms with Gasteiger partial charge in [0.05, 0.1) is 86.4 Å². The molecule has 94 heavy (non-hydrogen) atoms. The molecule has 17 nitrogen and oxygen atoms in total. The summed E-state index contributed by atoms with van der Waals surface area (Å²) in [5, 5.41) is 12.0. The lowest BCUT2D eigenvalue weighted by atomic mass is 9.81. The molecule has 7 heterocycles. The topological polar surface area (TPSA) is 140 Å². The number of piperidine rings is 1. The first kappa shape index (κ1) is 90.4. The average molecular weight is 1340 g/mol. The molecule has 0 aromatic heterocycles. The monoisotopic (exact) mass is 1340 g/mol. The molecule has 7 saturated heterocycles. The maximum absolute atomic E-state index is 11.7. The standard InChI is InChI=1S/2C12H25NO.C11H22N2O2.C11H20N2O.C11H23NO.2C10H21NO/c1-9(2)13-7-11(8-13)12(5,6)14-10(3)4;1-10(2)13-8-6-12(5,7-9-13)14-11(3)4;1-8(2)12-11(14)10-7-13(9(3)4)5-6-15-10;1-9(2)13-6-11(5-12,7-13)8-14-10(3)4;1-9(2)12-6-5-11(7-12)8-13-10(3)4;1-8(2)11-5-10(6-11)7-12-9(3)4;1-8(2)11-6-5-10(7-11)12-9(3)4/h9-11H,7-8H2,1-6H3;10-11H,6-9H2,1-5H3;8-10H,5-7H2,1-4H3,(H,12,14);9-10H,6-8H2,1-4H3;9-11H,5-8H2,1-4H3;2*8-10H,5-7H2,1-4H3/t;;10-;;11-;;10-/m..1.0.0/s1. The number of nitrogens with one attached hydrogen (secondary N) is 1. The maximum atomic E-state index is 11.7. The lowest BCUT2D eigenvalue weighted by molar-refractivity contribution is -0.139. The van der Waals surface area contributed by atoms with E-state index >= 15 is 0 Å². The highest BCUT2D eigenvalue weighted by Crippen LogP contribution is 2.34. The number of rotatable bonds is 25. The summed E-state index contributed by atoms with van der Waals surface area (Å²) in [6, 6.07) is 7.02. The number of hydrogen-bond acceptors (Lipinski definition) is 16. The van der Waals surface area contributed by atoms with Gasteiger partial charge in [-0.05, 0) is 253 Å². The van der Waals surface area contributed by atoms with E-state index in [1.54, 1.807) is 0 Å². The van der Waals surface area contributed by atoms with E-state index in [1.807, 2.05) is 27.7 Å². The van der Waals surface area contributed by atoms with Crippen LogP contribution >= 0.6 is 0 Å². The van der Waals surface area contributed by atoms with E-state index in [-0.39, 0.29) is 40.8 Å². The van der Waals surface area contributed by atoms with E-state index in [4.69, 9.17) is 38.4 Å². The first-order valence-electron chi connectivity index (χ1n) is 37.9. The smallest absolute Gasteiger partial charge is 0.250 e. The molecule has 7 aliphatic heterocycles. The Balaban J connectivity index is 0.000000549. The minimum atomic E-state index is -0.302. The predicted octanol–water partition coefficient (Wildman–Crippen LogP) is 13.3. The number of ether oxygens (including phenoxy) is 7. The SMILES string of the molecule is CC(C)NC(=O)[C@H]1CN(C(C)C)CCO1.CC(C)OC(C)(C)C1CN(C(C)C)C1.CC(C)OC1(C)CCN(C(C)C)CC1.CC(C)OCC1(C#N)CN(C(C)C)C1.CC(C)OCC1CN(C(C)C)C1.CC(C)OC[C@H]1CCN(C(C)C)C1.CC(C)O[C@H]1CCN(C(C)C)C1. The van der Waals surface area contributed by atoms with Crippen LogP contribution in [0.25, 0.3) is 0 Å². The lowest BCUT2D eigenvalue weighted by Crippen LogP contribution is -2.60. The summed E-state index contributed by atoms with van der Waals surface area (Å²) in [4.78, 5) is 28.8. The number of nitriles is 1. The number of morpholine rings is 1. The quantitative estimate of drug-likeness (QED) is 0.0926. The fourth-order valence-electron chi connectivity index (χ4n) is 12.5. The van der Waals surface area contributed by atoms with Crippen LogP contribution in [0.4, 0.5) is 0 Å². The molecule has 7 aliphatic rings. The molecular formula is C77H157N9O8. The largest absolute Gasteiger partial charge is 0.378 e. The van der Waals surface area contributed by atoms with Crippen LogP contribution in [0.5, 0.6) is 0 Å². The summed E-state index contributed by atoms with van der Waals surface area (Å²) in [5.74, 6) is 2.27. The van der Waals surface area contributed by atoms with Crippen molar-refractivity contribution in [2.75, 3.05) is 118 Å². The Morgan fingerprint density at radius 1 is 0.500 bits per heavy atom. The van der Waals surface area contributed by atoms with Crippen molar-refractivity contribution in [2.24, 2.45) is 23.2 Å². The molecule has 558 valence electrons. The van der Waals surface area contributed by atoms with Crippen LogP contribution in [0.2, 0.25) is 0 Å². The van der Waals surface area contributed by atoms with E-state index in [0.717, 1.165) is 51.2 Å². The third-order valence-electron chi connectivity index (χ3n) is 19.0. The fraction of sp³-hybridized carbons (Fsp3) is 0.974. The van der Waals surface area contributed by atoms with Crippen molar-refractivity contribution in [3.63, 3.8) is 0 Å². The average Bonchev–Trinajstić information content (AvgIpc) is 1.21. The highest BCUT2D eigenvalue weighted by Gasteiger charge is 2.45. The first-order chi connectivity index (χ1) is 43.5. The molecule has 0 bridgehead atoms. The van der Waals surface area contributed by atoms with Gasteiger partial charge in [-0.1, -0.05) is 0 Å². The third-order valence-corrected chi connectivity index (χ3v) is 19.0. The normalized spacial score (nSPS) is 22.8. The van der Waals surface area contributed by atoms with Crippen molar-refractivity contribution >= 4 is 5.91 Å². The predicted molar refractivity (Wildman–Crippen MR) is 395 cm³/mol. The first-order valence-corrected chi connectivity index (χ1v) is 37.9. The van der Waals surface area contributed by atoms with Gasteiger partial charge in [0, 0.05) is 145 Å². The molecule has 0 aromatic carbocycles. The number of hydrogen-bond donors (Lipinski definition) is 1. The van der Waals surface area contributed by atoms with Crippen molar-refractivity contribution in [1.29, 1.82) is 5.26 Å². The Bertz CT molecular complexity index is 1950. The van der Waals surface area contributed by atoms with Crippen LogP contribution in [0.1, 0.15) is 240 Å². The zero-order chi connectivity index (χ0) is 72.0. The van der Waals surface area contributed by atoms with Gasteiger partial charge in [0.1, 0.15) is 11.5 Å². The number of likely N-dealkylation sites (tertiary alicyclic amines) is 6. The highest BCUT2D eigenvalue weighted by atomic mass is 16.5. The van der Waals surface area contributed by atoms with Gasteiger partial charge in [0.15, 0.2) is 0 Å². The fourth-order valence-corrected chi connectivity index (χ4v) is 12.5. The molecule has 0 aliphatic carbocycles. The Labute approximate surface area is 582 Å². The number of amides is 1. The summed E-state index contributed by atoms with van der Waals surface area (Å²) < 4.78 is 39.8. The van der Waals surface area contributed by atoms with Gasteiger partial charge in [0.2, 0.25) is 0 Å². The minimum absolute atomic E-state index is 0.00958. The van der Waals surface area contributed by atoms with Gasteiger partial charge < -0.3 is 58.1 Å². The number of carbonyl (C=O) groups is 1. The van der Waals surface area contributed by atoms with Crippen molar-refractivity contribution in [1.82, 2.24) is 39.6 Å². The molecular weight excluding hydrogens is 1180 g/mol. The van der Waals surface area contributed by atoms with E-state index < -0.39 is 0 Å². The van der Waals surface area contributed by atoms with E-state index in [2.05, 4.69) is 233 Å². The Morgan fingerprint density at radius 2 is 0.936 bits per heavy atom. The van der Waals surface area contributed by atoms with Crippen molar-refractivity contribution in [3.05, 3.63) is 0 Å². The maximum Gasteiger partial charge on any atom is 0.250 e. The summed E-state index contributed by atoms with van der Waals surface area (Å²) in [6.45, 7) is 85.3. The number of nitrogens with zero attached hydrogens (tertiary/aromatic N) is 8. The van der Waals surface area contributed by atoms with Crippen LogP contribution in [0.15, 0.2) is 0 Å². The zero-order valence-electron chi connectivity index (χ0n) is 67.4. The second kappa shape index (κ2) is 45.3. The molecule has 3 atom stereocenters. The molecule has 0 radical (unpaired) electrons. The van der Waals surface area contributed by atoms with E-state index in [0.29, 0.717) is 105 Å². The van der Waals surface area contributed by atoms with Crippen LogP contribution in [-0.2, 0) is 38.0 Å². The summed E-state index contributed by atoms with van der Waals surface area (Å²) in [5.41, 5.74) is -0.0757. The Morgan fingerprint density at radius 3 is 1.34 bits per heavy atom. The van der Waals surface area contributed by atoms with Gasteiger partial charge in [-0.25, -0.2) is 0 Å². The van der Waals surface area contributed by atoms with Gasteiger partial charge in [-0.3, -0.25) is 19.5 Å². The van der Waals surface area contributed by atoms with Gasteiger partial charge in [-0.15, -0.1) is 0 Å².